The molecular weight excluding hydrogens is 366 g/mol. The Morgan fingerprint density at radius 3 is 2.34 bits per heavy atom. The molecule has 3 aromatic rings. The number of aromatic amines is 1. The number of nitrogens with zero attached hydrogens (tertiary/aromatic N) is 2. The molecule has 0 aliphatic carbocycles. The molecule has 0 saturated heterocycles. The molecule has 7 heteroatoms. The molecule has 150 valence electrons. The Labute approximate surface area is 169 Å². The Kier molecular flexibility index (Phi) is 5.77. The third-order valence-electron chi connectivity index (χ3n) is 4.80. The molecule has 0 aliphatic rings. The van der Waals surface area contributed by atoms with Crippen molar-refractivity contribution in [3.8, 4) is 11.4 Å². The molecule has 2 aromatic heterocycles. The van der Waals surface area contributed by atoms with E-state index in [2.05, 4.69) is 25.6 Å². The van der Waals surface area contributed by atoms with Gasteiger partial charge in [-0.1, -0.05) is 17.7 Å². The molecule has 0 spiro atoms. The lowest BCUT2D eigenvalue weighted by atomic mass is 10.1. The summed E-state index contributed by atoms with van der Waals surface area (Å²) < 4.78 is 0. The van der Waals surface area contributed by atoms with E-state index in [-0.39, 0.29) is 18.0 Å². The number of aryl methyl sites for hydroxylation is 4. The lowest BCUT2D eigenvalue weighted by Crippen LogP contribution is -2.23. The van der Waals surface area contributed by atoms with Gasteiger partial charge in [0.2, 0.25) is 5.91 Å². The Morgan fingerprint density at radius 2 is 1.76 bits per heavy atom. The van der Waals surface area contributed by atoms with Gasteiger partial charge in [-0.25, -0.2) is 9.97 Å². The van der Waals surface area contributed by atoms with Crippen LogP contribution in [0.1, 0.15) is 27.9 Å². The van der Waals surface area contributed by atoms with E-state index in [4.69, 9.17) is 0 Å². The monoisotopic (exact) mass is 391 g/mol. The Balaban J connectivity index is 1.65. The van der Waals surface area contributed by atoms with E-state index in [1.165, 1.54) is 5.56 Å². The third kappa shape index (κ3) is 4.68. The standard InChI is InChI=1S/C22H25N5O2/c1-12-8-13(2)20(14(3)9-12)26-19(28)11-24-18-7-6-17(10-23-18)21-25-16(5)15(4)22(29)27-21/h6-10H,11H2,1-5H3,(H,23,24)(H,26,28)(H,25,27,29). The summed E-state index contributed by atoms with van der Waals surface area (Å²) in [5, 5.41) is 5.96. The van der Waals surface area contributed by atoms with Gasteiger partial charge in [-0.05, 0) is 57.9 Å². The van der Waals surface area contributed by atoms with Crippen molar-refractivity contribution in [1.82, 2.24) is 15.0 Å². The lowest BCUT2D eigenvalue weighted by Gasteiger charge is -2.13. The maximum absolute atomic E-state index is 12.3. The maximum atomic E-state index is 12.3. The van der Waals surface area contributed by atoms with E-state index in [1.54, 1.807) is 32.2 Å². The molecule has 29 heavy (non-hydrogen) atoms. The molecule has 0 saturated carbocycles. The summed E-state index contributed by atoms with van der Waals surface area (Å²) in [6.45, 7) is 9.63. The first-order chi connectivity index (χ1) is 13.7. The van der Waals surface area contributed by atoms with Crippen LogP contribution in [0, 0.1) is 34.6 Å². The number of H-pyrrole nitrogens is 1. The number of hydrogen-bond donors (Lipinski definition) is 3. The highest BCUT2D eigenvalue weighted by atomic mass is 16.2. The first kappa shape index (κ1) is 20.3. The lowest BCUT2D eigenvalue weighted by molar-refractivity contribution is -0.114. The highest BCUT2D eigenvalue weighted by Gasteiger charge is 2.10. The minimum absolute atomic E-state index is 0.0951. The summed E-state index contributed by atoms with van der Waals surface area (Å²) in [5.74, 6) is 0.888. The molecule has 0 unspecified atom stereocenters. The average molecular weight is 391 g/mol. The van der Waals surface area contributed by atoms with E-state index >= 15 is 0 Å². The molecule has 3 N–H and O–H groups in total. The van der Waals surface area contributed by atoms with Crippen LogP contribution in [-0.4, -0.2) is 27.4 Å². The number of rotatable bonds is 5. The predicted octanol–water partition coefficient (Wildman–Crippen LogP) is 3.42. The van der Waals surface area contributed by atoms with Crippen LogP contribution in [-0.2, 0) is 4.79 Å². The average Bonchev–Trinajstić information content (AvgIpc) is 2.67. The highest BCUT2D eigenvalue weighted by Crippen LogP contribution is 2.22. The Morgan fingerprint density at radius 1 is 1.07 bits per heavy atom. The Hall–Kier alpha value is -3.48. The summed E-state index contributed by atoms with van der Waals surface area (Å²) in [7, 11) is 0. The number of carbonyl (C=O) groups is 1. The van der Waals surface area contributed by atoms with E-state index in [0.717, 1.165) is 16.8 Å². The van der Waals surface area contributed by atoms with E-state index in [1.807, 2.05) is 32.9 Å². The Bertz CT molecular complexity index is 1090. The van der Waals surface area contributed by atoms with Crippen molar-refractivity contribution in [1.29, 1.82) is 0 Å². The van der Waals surface area contributed by atoms with Crippen molar-refractivity contribution in [3.05, 3.63) is 68.8 Å². The summed E-state index contributed by atoms with van der Waals surface area (Å²) in [4.78, 5) is 35.7. The van der Waals surface area contributed by atoms with Gasteiger partial charge in [-0.2, -0.15) is 0 Å². The number of anilines is 2. The van der Waals surface area contributed by atoms with Crippen LogP contribution >= 0.6 is 0 Å². The molecule has 0 atom stereocenters. The summed E-state index contributed by atoms with van der Waals surface area (Å²) in [6.07, 6.45) is 1.61. The number of nitrogens with one attached hydrogen (secondary N) is 3. The van der Waals surface area contributed by atoms with Gasteiger partial charge in [0.05, 0.1) is 6.54 Å². The van der Waals surface area contributed by atoms with Crippen molar-refractivity contribution in [2.45, 2.75) is 34.6 Å². The fraction of sp³-hybridized carbons (Fsp3) is 0.273. The van der Waals surface area contributed by atoms with Crippen LogP contribution in [0.15, 0.2) is 35.3 Å². The molecule has 7 nitrogen and oxygen atoms in total. The summed E-state index contributed by atoms with van der Waals surface area (Å²) >= 11 is 0. The first-order valence-electron chi connectivity index (χ1n) is 9.40. The third-order valence-corrected chi connectivity index (χ3v) is 4.80. The van der Waals surface area contributed by atoms with Crippen LogP contribution in [0.4, 0.5) is 11.5 Å². The number of carbonyl (C=O) groups excluding carboxylic acids is 1. The second kappa shape index (κ2) is 8.26. The topological polar surface area (TPSA) is 99.8 Å². The van der Waals surface area contributed by atoms with Crippen LogP contribution in [0.25, 0.3) is 11.4 Å². The summed E-state index contributed by atoms with van der Waals surface area (Å²) in [6, 6.07) is 7.64. The molecule has 1 amide bonds. The van der Waals surface area contributed by atoms with Gasteiger partial charge in [0.1, 0.15) is 11.6 Å². The normalized spacial score (nSPS) is 10.7. The second-order valence-electron chi connectivity index (χ2n) is 7.23. The number of benzene rings is 1. The quantitative estimate of drug-likeness (QED) is 0.619. The van der Waals surface area contributed by atoms with Crippen molar-refractivity contribution in [2.24, 2.45) is 0 Å². The molecular formula is C22H25N5O2. The fourth-order valence-corrected chi connectivity index (χ4v) is 3.15. The minimum atomic E-state index is -0.159. The zero-order chi connectivity index (χ0) is 21.1. The highest BCUT2D eigenvalue weighted by molar-refractivity contribution is 5.95. The second-order valence-corrected chi connectivity index (χ2v) is 7.23. The zero-order valence-corrected chi connectivity index (χ0v) is 17.3. The molecule has 0 radical (unpaired) electrons. The summed E-state index contributed by atoms with van der Waals surface area (Å²) in [5.41, 5.74) is 5.91. The van der Waals surface area contributed by atoms with Crippen molar-refractivity contribution in [2.75, 3.05) is 17.2 Å². The van der Waals surface area contributed by atoms with Crippen molar-refractivity contribution < 1.29 is 4.79 Å². The maximum Gasteiger partial charge on any atom is 0.254 e. The molecule has 3 rings (SSSR count). The van der Waals surface area contributed by atoms with Gasteiger partial charge >= 0.3 is 0 Å². The fourth-order valence-electron chi connectivity index (χ4n) is 3.15. The molecule has 1 aromatic carbocycles. The van der Waals surface area contributed by atoms with Gasteiger partial charge in [0.15, 0.2) is 0 Å². The van der Waals surface area contributed by atoms with Crippen LogP contribution < -0.4 is 16.2 Å². The predicted molar refractivity (Wildman–Crippen MR) is 115 cm³/mol. The SMILES string of the molecule is Cc1cc(C)c(NC(=O)CNc2ccc(-c3nc(C)c(C)c(=O)[nH]3)cn2)c(C)c1. The van der Waals surface area contributed by atoms with Gasteiger partial charge in [0, 0.05) is 28.7 Å². The largest absolute Gasteiger partial charge is 0.361 e. The van der Waals surface area contributed by atoms with E-state index in [0.29, 0.717) is 28.5 Å². The van der Waals surface area contributed by atoms with Crippen LogP contribution in [0.5, 0.6) is 0 Å². The number of amides is 1. The van der Waals surface area contributed by atoms with E-state index < -0.39 is 0 Å². The van der Waals surface area contributed by atoms with Crippen LogP contribution in [0.3, 0.4) is 0 Å². The molecule has 0 bridgehead atoms. The van der Waals surface area contributed by atoms with Gasteiger partial charge < -0.3 is 15.6 Å². The van der Waals surface area contributed by atoms with Crippen LogP contribution in [0.2, 0.25) is 0 Å². The zero-order valence-electron chi connectivity index (χ0n) is 17.3. The smallest absolute Gasteiger partial charge is 0.254 e. The minimum Gasteiger partial charge on any atom is -0.361 e. The number of pyridine rings is 1. The van der Waals surface area contributed by atoms with Gasteiger partial charge in [-0.3, -0.25) is 9.59 Å². The number of hydrogen-bond acceptors (Lipinski definition) is 5. The molecule has 2 heterocycles. The van der Waals surface area contributed by atoms with Crippen molar-refractivity contribution in [3.63, 3.8) is 0 Å². The molecule has 0 aliphatic heterocycles. The van der Waals surface area contributed by atoms with E-state index in [9.17, 15) is 9.59 Å². The molecule has 0 fully saturated rings. The van der Waals surface area contributed by atoms with Gasteiger partial charge in [-0.15, -0.1) is 0 Å². The van der Waals surface area contributed by atoms with Gasteiger partial charge in [0.25, 0.3) is 5.56 Å². The first-order valence-corrected chi connectivity index (χ1v) is 9.40. The van der Waals surface area contributed by atoms with Crippen molar-refractivity contribution >= 4 is 17.4 Å². The number of aromatic nitrogens is 3.